The van der Waals surface area contributed by atoms with Gasteiger partial charge >= 0.3 is 0 Å². The fourth-order valence-electron chi connectivity index (χ4n) is 3.87. The quantitative estimate of drug-likeness (QED) is 0.742. The molecule has 2 aromatic rings. The van der Waals surface area contributed by atoms with Gasteiger partial charge in [-0.3, -0.25) is 9.69 Å². The van der Waals surface area contributed by atoms with Crippen LogP contribution in [-0.2, 0) is 11.8 Å². The number of amides is 1. The maximum Gasteiger partial charge on any atom is 0.259 e. The Morgan fingerprint density at radius 3 is 2.52 bits per heavy atom. The Hall–Kier alpha value is -2.34. The van der Waals surface area contributed by atoms with Crippen LogP contribution >= 0.6 is 0 Å². The Morgan fingerprint density at radius 2 is 1.86 bits per heavy atom. The second-order valence-corrected chi connectivity index (χ2v) is 8.76. The molecule has 0 bridgehead atoms. The highest BCUT2D eigenvalue weighted by atomic mass is 16.5. The van der Waals surface area contributed by atoms with E-state index < -0.39 is 0 Å². The molecule has 0 atom stereocenters. The van der Waals surface area contributed by atoms with Crippen LogP contribution in [0.2, 0.25) is 0 Å². The van der Waals surface area contributed by atoms with Gasteiger partial charge in [-0.05, 0) is 37.9 Å². The summed E-state index contributed by atoms with van der Waals surface area (Å²) >= 11 is 0. The van der Waals surface area contributed by atoms with Gasteiger partial charge in [-0.1, -0.05) is 44.1 Å². The number of hydrogen-bond donors (Lipinski definition) is 0. The van der Waals surface area contributed by atoms with Gasteiger partial charge in [-0.25, -0.2) is 0 Å². The Bertz CT molecular complexity index is 830. The fourth-order valence-corrected chi connectivity index (χ4v) is 3.87. The summed E-state index contributed by atoms with van der Waals surface area (Å²) in [5, 5.41) is 4.16. The molecule has 0 aliphatic carbocycles. The first kappa shape index (κ1) is 21.4. The number of aryl methyl sites for hydroxylation is 2. The minimum absolute atomic E-state index is 0.0438. The van der Waals surface area contributed by atoms with Crippen LogP contribution in [0.4, 0.5) is 0 Å². The van der Waals surface area contributed by atoms with Crippen LogP contribution in [0.25, 0.3) is 0 Å². The van der Waals surface area contributed by atoms with Gasteiger partial charge in [0.1, 0.15) is 22.8 Å². The molecule has 2 heterocycles. The normalized spacial score (nSPS) is 15.6. The minimum Gasteiger partial charge on any atom is -0.496 e. The van der Waals surface area contributed by atoms with E-state index in [4.69, 9.17) is 9.26 Å². The number of benzene rings is 1. The molecule has 1 aliphatic rings. The van der Waals surface area contributed by atoms with Gasteiger partial charge in [-0.2, -0.15) is 0 Å². The lowest BCUT2D eigenvalue weighted by Gasteiger charge is -2.35. The Balaban J connectivity index is 1.52. The first-order chi connectivity index (χ1) is 13.8. The Kier molecular flexibility index (Phi) is 6.63. The van der Waals surface area contributed by atoms with Crippen LogP contribution in [0.1, 0.15) is 54.6 Å². The number of hydrogen-bond acceptors (Lipinski definition) is 5. The van der Waals surface area contributed by atoms with Crippen molar-refractivity contribution in [2.24, 2.45) is 0 Å². The van der Waals surface area contributed by atoms with E-state index in [2.05, 4.69) is 43.0 Å². The number of nitrogens with zero attached hydrogens (tertiary/aromatic N) is 3. The third-order valence-corrected chi connectivity index (χ3v) is 5.56. The van der Waals surface area contributed by atoms with Crippen molar-refractivity contribution in [1.29, 1.82) is 0 Å². The third-order valence-electron chi connectivity index (χ3n) is 5.56. The number of piperazine rings is 1. The molecule has 1 saturated heterocycles. The van der Waals surface area contributed by atoms with Gasteiger partial charge in [0.15, 0.2) is 0 Å². The lowest BCUT2D eigenvalue weighted by Crippen LogP contribution is -2.49. The highest BCUT2D eigenvalue weighted by Crippen LogP contribution is 2.28. The Labute approximate surface area is 173 Å². The molecule has 0 saturated carbocycles. The van der Waals surface area contributed by atoms with Gasteiger partial charge in [0.25, 0.3) is 5.91 Å². The van der Waals surface area contributed by atoms with E-state index in [9.17, 15) is 4.79 Å². The van der Waals surface area contributed by atoms with Crippen molar-refractivity contribution in [1.82, 2.24) is 15.0 Å². The van der Waals surface area contributed by atoms with Gasteiger partial charge in [0.2, 0.25) is 0 Å². The topological polar surface area (TPSA) is 58.8 Å². The van der Waals surface area contributed by atoms with Gasteiger partial charge in [-0.15, -0.1) is 0 Å². The minimum atomic E-state index is -0.219. The molecular formula is C23H33N3O3. The predicted molar refractivity (Wildman–Crippen MR) is 114 cm³/mol. The summed E-state index contributed by atoms with van der Waals surface area (Å²) in [4.78, 5) is 17.5. The first-order valence-electron chi connectivity index (χ1n) is 10.4. The van der Waals surface area contributed by atoms with Crippen LogP contribution < -0.4 is 4.74 Å². The van der Waals surface area contributed by atoms with E-state index in [-0.39, 0.29) is 11.3 Å². The van der Waals surface area contributed by atoms with Crippen LogP contribution in [0, 0.1) is 6.92 Å². The molecule has 1 amide bonds. The van der Waals surface area contributed by atoms with Crippen molar-refractivity contribution in [3.05, 3.63) is 46.8 Å². The second kappa shape index (κ2) is 8.99. The van der Waals surface area contributed by atoms with Crippen molar-refractivity contribution in [2.45, 2.75) is 46.0 Å². The summed E-state index contributed by atoms with van der Waals surface area (Å²) in [5.74, 6) is 1.61. The smallest absolute Gasteiger partial charge is 0.259 e. The summed E-state index contributed by atoms with van der Waals surface area (Å²) < 4.78 is 10.8. The summed E-state index contributed by atoms with van der Waals surface area (Å²) in [6.07, 6.45) is 2.07. The number of carbonyl (C=O) groups excluding carboxylic acids is 1. The van der Waals surface area contributed by atoms with Crippen molar-refractivity contribution >= 4 is 5.91 Å². The highest BCUT2D eigenvalue weighted by molar-refractivity contribution is 5.96. The van der Waals surface area contributed by atoms with Gasteiger partial charge in [0, 0.05) is 31.6 Å². The van der Waals surface area contributed by atoms with E-state index >= 15 is 0 Å². The van der Waals surface area contributed by atoms with E-state index in [0.717, 1.165) is 57.0 Å². The van der Waals surface area contributed by atoms with E-state index in [1.165, 1.54) is 5.56 Å². The average Bonchev–Trinajstić information content (AvgIpc) is 3.10. The molecule has 0 spiro atoms. The third kappa shape index (κ3) is 4.99. The molecule has 29 heavy (non-hydrogen) atoms. The lowest BCUT2D eigenvalue weighted by atomic mass is 9.88. The van der Waals surface area contributed by atoms with Crippen LogP contribution in [-0.4, -0.2) is 60.7 Å². The number of para-hydroxylation sites is 1. The number of aromatic nitrogens is 1. The second-order valence-electron chi connectivity index (χ2n) is 8.76. The SMILES string of the molecule is COc1ccccc1CCCN1CCN(C(=O)c2c(C(C)(C)C)noc2C)CC1. The van der Waals surface area contributed by atoms with Gasteiger partial charge < -0.3 is 14.2 Å². The monoisotopic (exact) mass is 399 g/mol. The Morgan fingerprint density at radius 1 is 1.17 bits per heavy atom. The first-order valence-corrected chi connectivity index (χ1v) is 10.4. The lowest BCUT2D eigenvalue weighted by molar-refractivity contribution is 0.0632. The zero-order valence-electron chi connectivity index (χ0n) is 18.3. The molecule has 6 nitrogen and oxygen atoms in total. The summed E-state index contributed by atoms with van der Waals surface area (Å²) in [7, 11) is 1.72. The molecular weight excluding hydrogens is 366 g/mol. The van der Waals surface area contributed by atoms with E-state index in [1.807, 2.05) is 24.0 Å². The van der Waals surface area contributed by atoms with E-state index in [0.29, 0.717) is 11.3 Å². The molecule has 0 N–H and O–H groups in total. The average molecular weight is 400 g/mol. The van der Waals surface area contributed by atoms with Crippen LogP contribution in [0.5, 0.6) is 5.75 Å². The predicted octanol–water partition coefficient (Wildman–Crippen LogP) is 3.68. The molecule has 0 radical (unpaired) electrons. The molecule has 1 fully saturated rings. The maximum absolute atomic E-state index is 13.1. The maximum atomic E-state index is 13.1. The van der Waals surface area contributed by atoms with Crippen molar-refractivity contribution < 1.29 is 14.1 Å². The van der Waals surface area contributed by atoms with Crippen molar-refractivity contribution in [2.75, 3.05) is 39.8 Å². The van der Waals surface area contributed by atoms with Crippen molar-refractivity contribution in [3.8, 4) is 5.75 Å². The van der Waals surface area contributed by atoms with Crippen LogP contribution in [0.15, 0.2) is 28.8 Å². The number of methoxy groups -OCH3 is 1. The summed E-state index contributed by atoms with van der Waals surface area (Å²) in [5.41, 5.74) is 2.42. The van der Waals surface area contributed by atoms with Gasteiger partial charge in [0.05, 0.1) is 7.11 Å². The number of carbonyl (C=O) groups is 1. The van der Waals surface area contributed by atoms with E-state index in [1.54, 1.807) is 7.11 Å². The summed E-state index contributed by atoms with van der Waals surface area (Å²) in [6.45, 7) is 12.3. The van der Waals surface area contributed by atoms with Crippen molar-refractivity contribution in [3.63, 3.8) is 0 Å². The summed E-state index contributed by atoms with van der Waals surface area (Å²) in [6, 6.07) is 8.20. The zero-order valence-corrected chi connectivity index (χ0v) is 18.3. The number of rotatable bonds is 6. The molecule has 6 heteroatoms. The highest BCUT2D eigenvalue weighted by Gasteiger charge is 2.32. The molecule has 1 aromatic carbocycles. The zero-order chi connectivity index (χ0) is 21.0. The largest absolute Gasteiger partial charge is 0.496 e. The van der Waals surface area contributed by atoms with Crippen LogP contribution in [0.3, 0.4) is 0 Å². The molecule has 0 unspecified atom stereocenters. The standard InChI is InChI=1S/C23H33N3O3/c1-17-20(21(24-29-17)23(2,3)4)22(27)26-15-13-25(14-16-26)12-8-10-18-9-6-7-11-19(18)28-5/h6-7,9,11H,8,10,12-16H2,1-5H3. The number of ether oxygens (including phenoxy) is 1. The molecule has 158 valence electrons. The molecule has 1 aromatic heterocycles. The molecule has 3 rings (SSSR count). The fraction of sp³-hybridized carbons (Fsp3) is 0.565. The molecule has 1 aliphatic heterocycles.